The third kappa shape index (κ3) is 1.46. The molecule has 2 aliphatic carbocycles. The lowest BCUT2D eigenvalue weighted by atomic mass is 9.77. The van der Waals surface area contributed by atoms with E-state index in [-0.39, 0.29) is 11.6 Å². The van der Waals surface area contributed by atoms with E-state index in [1.54, 1.807) is 0 Å². The minimum atomic E-state index is -0.301. The van der Waals surface area contributed by atoms with Crippen LogP contribution in [0.3, 0.4) is 0 Å². The monoisotopic (exact) mass is 305 g/mol. The number of quaternary nitrogens is 1. The predicted molar refractivity (Wildman–Crippen MR) is 75.6 cm³/mol. The van der Waals surface area contributed by atoms with Gasteiger partial charge in [0.2, 0.25) is 0 Å². The van der Waals surface area contributed by atoms with Gasteiger partial charge in [-0.25, -0.2) is 4.63 Å². The van der Waals surface area contributed by atoms with E-state index in [0.29, 0.717) is 5.92 Å². The summed E-state index contributed by atoms with van der Waals surface area (Å²) in [5, 5.41) is 21.5. The fraction of sp³-hybridized carbons (Fsp3) is 0.800. The molecule has 0 bridgehead atoms. The van der Waals surface area contributed by atoms with Crippen LogP contribution in [0.5, 0.6) is 0 Å². The Labute approximate surface area is 128 Å². The van der Waals surface area contributed by atoms with E-state index in [9.17, 15) is 5.21 Å². The van der Waals surface area contributed by atoms with Crippen molar-refractivity contribution in [2.45, 2.75) is 43.7 Å². The van der Waals surface area contributed by atoms with E-state index in [4.69, 9.17) is 9.37 Å². The number of nitrogens with one attached hydrogen (secondary N) is 1. The van der Waals surface area contributed by atoms with Gasteiger partial charge in [-0.2, -0.15) is 4.74 Å². The summed E-state index contributed by atoms with van der Waals surface area (Å²) in [4.78, 5) is 1.41. The lowest BCUT2D eigenvalue weighted by molar-refractivity contribution is -1.04. The lowest BCUT2D eigenvalue weighted by Gasteiger charge is -2.38. The molecule has 2 fully saturated rings. The molecule has 0 unspecified atom stereocenters. The highest BCUT2D eigenvalue weighted by atomic mass is 16.6. The zero-order valence-electron chi connectivity index (χ0n) is 12.6. The molecule has 7 heteroatoms. The molecule has 1 saturated heterocycles. The number of rotatable bonds is 1. The first-order chi connectivity index (χ1) is 10.8. The number of nitrogens with zero attached hydrogens (tertiary/aromatic N) is 3. The molecule has 1 saturated carbocycles. The van der Waals surface area contributed by atoms with Crippen LogP contribution in [0, 0.1) is 11.1 Å². The minimum absolute atomic E-state index is 0.130. The molecule has 1 N–H and O–H groups in total. The van der Waals surface area contributed by atoms with E-state index in [1.165, 1.54) is 9.64 Å². The van der Waals surface area contributed by atoms with E-state index < -0.39 is 0 Å². The molecule has 4 aliphatic rings. The maximum atomic E-state index is 13.3. The summed E-state index contributed by atoms with van der Waals surface area (Å²) in [6.07, 6.45) is 4.79. The largest absolute Gasteiger partial charge is 0.619 e. The van der Waals surface area contributed by atoms with Crippen molar-refractivity contribution >= 4 is 5.71 Å². The number of hydroxylamine groups is 1. The molecule has 0 radical (unpaired) electrons. The second-order valence-electron chi connectivity index (χ2n) is 7.00. The van der Waals surface area contributed by atoms with Gasteiger partial charge < -0.3 is 9.94 Å². The molecule has 3 atom stereocenters. The number of hydrogen-bond acceptors (Lipinski definition) is 5. The standard InChI is InChI=1S/C15H20N4O3/c20-19-12-4-3-11-14(17-22-16-11)13(12)10-2-1-5-15(10,19)18-6-8-21-9-7-18/h10,13H,1-9H2/p+1/t10-,13-,15+/m0/s1. The van der Waals surface area contributed by atoms with Crippen LogP contribution in [-0.4, -0.2) is 52.7 Å². The Morgan fingerprint density at radius 3 is 2.95 bits per heavy atom. The van der Waals surface area contributed by atoms with Crippen molar-refractivity contribution in [2.75, 3.05) is 26.3 Å². The third-order valence-corrected chi connectivity index (χ3v) is 6.28. The van der Waals surface area contributed by atoms with Gasteiger partial charge in [-0.1, -0.05) is 10.3 Å². The number of ether oxygens (including phenoxy) is 1. The second-order valence-corrected chi connectivity index (χ2v) is 7.00. The number of aromatic nitrogens is 2. The lowest BCUT2D eigenvalue weighted by Crippen LogP contribution is -3.23. The van der Waals surface area contributed by atoms with Gasteiger partial charge in [0.05, 0.1) is 25.6 Å². The van der Waals surface area contributed by atoms with Gasteiger partial charge >= 0.3 is 5.66 Å². The topological polar surface area (TPSA) is 78.7 Å². The second kappa shape index (κ2) is 4.52. The highest BCUT2D eigenvalue weighted by Crippen LogP contribution is 2.50. The SMILES string of the molecule is [O-][N+]1=C2CCc3nonc3[C@H]2[C@@H]2CCC[C@]21[NH+]1CCOCC1. The van der Waals surface area contributed by atoms with Crippen LogP contribution >= 0.6 is 0 Å². The van der Waals surface area contributed by atoms with E-state index in [1.807, 2.05) is 0 Å². The highest BCUT2D eigenvalue weighted by Gasteiger charge is 2.69. The molecule has 7 nitrogen and oxygen atoms in total. The fourth-order valence-electron chi connectivity index (χ4n) is 5.43. The molecule has 1 aromatic rings. The van der Waals surface area contributed by atoms with Crippen molar-refractivity contribution in [1.82, 2.24) is 10.3 Å². The fourth-order valence-corrected chi connectivity index (χ4v) is 5.43. The Morgan fingerprint density at radius 1 is 1.23 bits per heavy atom. The van der Waals surface area contributed by atoms with Gasteiger partial charge in [0.1, 0.15) is 30.4 Å². The first-order valence-corrected chi connectivity index (χ1v) is 8.39. The average Bonchev–Trinajstić information content (AvgIpc) is 3.24. The molecule has 0 spiro atoms. The van der Waals surface area contributed by atoms with E-state index in [2.05, 4.69) is 10.3 Å². The molecular formula is C15H21N4O3+. The Bertz CT molecular complexity index is 636. The molecule has 3 heterocycles. The predicted octanol–water partition coefficient (Wildman–Crippen LogP) is -0.524. The summed E-state index contributed by atoms with van der Waals surface area (Å²) in [6, 6.07) is 0. The summed E-state index contributed by atoms with van der Waals surface area (Å²) in [5.74, 6) is 0.476. The Hall–Kier alpha value is -1.47. The van der Waals surface area contributed by atoms with Gasteiger partial charge in [0.15, 0.2) is 5.71 Å². The molecule has 22 heavy (non-hydrogen) atoms. The minimum Gasteiger partial charge on any atom is -0.619 e. The number of hydrogen-bond donors (Lipinski definition) is 1. The zero-order chi connectivity index (χ0) is 14.7. The van der Waals surface area contributed by atoms with Crippen molar-refractivity contribution in [1.29, 1.82) is 0 Å². The maximum absolute atomic E-state index is 13.3. The quantitative estimate of drug-likeness (QED) is 0.558. The van der Waals surface area contributed by atoms with Gasteiger partial charge in [0, 0.05) is 12.8 Å². The Morgan fingerprint density at radius 2 is 2.09 bits per heavy atom. The van der Waals surface area contributed by atoms with Crippen LogP contribution in [0.15, 0.2) is 4.63 Å². The van der Waals surface area contributed by atoms with E-state index in [0.717, 1.165) is 75.5 Å². The molecular weight excluding hydrogens is 284 g/mol. The van der Waals surface area contributed by atoms with Crippen LogP contribution in [0.4, 0.5) is 0 Å². The summed E-state index contributed by atoms with van der Waals surface area (Å²) in [5.41, 5.74) is 2.61. The first-order valence-electron chi connectivity index (χ1n) is 8.39. The maximum Gasteiger partial charge on any atom is 0.300 e. The molecule has 2 aliphatic heterocycles. The third-order valence-electron chi connectivity index (χ3n) is 6.28. The number of aryl methyl sites for hydroxylation is 1. The normalized spacial score (nSPS) is 38.0. The van der Waals surface area contributed by atoms with Crippen molar-refractivity contribution in [2.24, 2.45) is 5.92 Å². The van der Waals surface area contributed by atoms with Gasteiger partial charge in [-0.05, 0) is 12.8 Å². The first kappa shape index (κ1) is 13.0. The Kier molecular flexibility index (Phi) is 2.67. The zero-order valence-corrected chi connectivity index (χ0v) is 12.6. The smallest absolute Gasteiger partial charge is 0.300 e. The summed E-state index contributed by atoms with van der Waals surface area (Å²) >= 11 is 0. The molecule has 1 aromatic heterocycles. The highest BCUT2D eigenvalue weighted by molar-refractivity contribution is 5.90. The van der Waals surface area contributed by atoms with Gasteiger partial charge in [0.25, 0.3) is 0 Å². The van der Waals surface area contributed by atoms with Crippen molar-refractivity contribution in [3.63, 3.8) is 0 Å². The van der Waals surface area contributed by atoms with Crippen LogP contribution in [0.2, 0.25) is 0 Å². The molecule has 5 rings (SSSR count). The summed E-state index contributed by atoms with van der Waals surface area (Å²) in [7, 11) is 0. The summed E-state index contributed by atoms with van der Waals surface area (Å²) in [6.45, 7) is 3.38. The average molecular weight is 305 g/mol. The molecule has 0 amide bonds. The number of fused-ring (bicyclic) bond motifs is 5. The number of morpholine rings is 1. The van der Waals surface area contributed by atoms with Crippen LogP contribution < -0.4 is 4.90 Å². The summed E-state index contributed by atoms with van der Waals surface area (Å²) < 4.78 is 11.9. The van der Waals surface area contributed by atoms with Crippen molar-refractivity contribution in [3.05, 3.63) is 16.6 Å². The molecule has 0 aromatic carbocycles. The van der Waals surface area contributed by atoms with Crippen LogP contribution in [0.25, 0.3) is 0 Å². The Balaban J connectivity index is 1.63. The van der Waals surface area contributed by atoms with Gasteiger partial charge in [-0.15, -0.1) is 0 Å². The van der Waals surface area contributed by atoms with E-state index >= 15 is 0 Å². The van der Waals surface area contributed by atoms with Crippen LogP contribution in [-0.2, 0) is 11.2 Å². The molecule has 118 valence electrons. The van der Waals surface area contributed by atoms with Gasteiger partial charge in [-0.3, -0.25) is 4.90 Å². The van der Waals surface area contributed by atoms with Crippen molar-refractivity contribution in [3.8, 4) is 0 Å². The van der Waals surface area contributed by atoms with Crippen molar-refractivity contribution < 1.29 is 19.0 Å². The van der Waals surface area contributed by atoms with Crippen LogP contribution in [0.1, 0.15) is 43.0 Å².